The van der Waals surface area contributed by atoms with Crippen molar-refractivity contribution < 1.29 is 18.7 Å². The van der Waals surface area contributed by atoms with Gasteiger partial charge in [-0.1, -0.05) is 18.2 Å². The molecule has 0 fully saturated rings. The van der Waals surface area contributed by atoms with E-state index >= 15 is 0 Å². The summed E-state index contributed by atoms with van der Waals surface area (Å²) in [6.45, 7) is 0.483. The molecule has 0 aliphatic heterocycles. The van der Waals surface area contributed by atoms with E-state index in [0.29, 0.717) is 34.7 Å². The molecule has 0 aliphatic rings. The van der Waals surface area contributed by atoms with E-state index in [1.807, 2.05) is 0 Å². The summed E-state index contributed by atoms with van der Waals surface area (Å²) in [5.74, 6) is 0.389. The maximum atomic E-state index is 13.4. The van der Waals surface area contributed by atoms with Crippen molar-refractivity contribution in [1.82, 2.24) is 5.32 Å². The van der Waals surface area contributed by atoms with Gasteiger partial charge >= 0.3 is 5.97 Å². The smallest absolute Gasteiger partial charge is 0.337 e. The standard InChI is InChI=1S/C18H18FNO3S/c1-23-18(22)14-8-6-13(7-9-14)17(21)20-10-11-24-12-15-4-2-3-5-16(15)19/h2-9H,10-12H2,1H3,(H,20,21). The molecular weight excluding hydrogens is 329 g/mol. The lowest BCUT2D eigenvalue weighted by molar-refractivity contribution is 0.0600. The van der Waals surface area contributed by atoms with Gasteiger partial charge in [0, 0.05) is 23.6 Å². The molecule has 2 aromatic carbocycles. The quantitative estimate of drug-likeness (QED) is 0.617. The number of carbonyl (C=O) groups is 2. The summed E-state index contributed by atoms with van der Waals surface area (Å²) in [6, 6.07) is 12.9. The average molecular weight is 347 g/mol. The molecule has 2 rings (SSSR count). The first-order valence-electron chi connectivity index (χ1n) is 7.39. The second-order valence-electron chi connectivity index (χ2n) is 4.97. The van der Waals surface area contributed by atoms with Crippen molar-refractivity contribution in [1.29, 1.82) is 0 Å². The monoisotopic (exact) mass is 347 g/mol. The van der Waals surface area contributed by atoms with Crippen LogP contribution in [0.2, 0.25) is 0 Å². The van der Waals surface area contributed by atoms with Crippen molar-refractivity contribution >= 4 is 23.6 Å². The van der Waals surface area contributed by atoms with Crippen molar-refractivity contribution in [2.24, 2.45) is 0 Å². The Morgan fingerprint density at radius 2 is 1.75 bits per heavy atom. The van der Waals surface area contributed by atoms with E-state index in [2.05, 4.69) is 10.1 Å². The number of carbonyl (C=O) groups excluding carboxylic acids is 2. The Morgan fingerprint density at radius 1 is 1.08 bits per heavy atom. The molecule has 0 spiro atoms. The van der Waals surface area contributed by atoms with Crippen LogP contribution in [0.1, 0.15) is 26.3 Å². The molecule has 24 heavy (non-hydrogen) atoms. The van der Waals surface area contributed by atoms with Crippen LogP contribution in [0.4, 0.5) is 4.39 Å². The molecule has 4 nitrogen and oxygen atoms in total. The number of methoxy groups -OCH3 is 1. The van der Waals surface area contributed by atoms with Crippen LogP contribution in [0, 0.1) is 5.82 Å². The van der Waals surface area contributed by atoms with Gasteiger partial charge in [-0.05, 0) is 35.9 Å². The maximum Gasteiger partial charge on any atom is 0.337 e. The fraction of sp³-hybridized carbons (Fsp3) is 0.222. The van der Waals surface area contributed by atoms with E-state index in [1.165, 1.54) is 13.2 Å². The van der Waals surface area contributed by atoms with Crippen LogP contribution in [0.25, 0.3) is 0 Å². The summed E-state index contributed by atoms with van der Waals surface area (Å²) in [6.07, 6.45) is 0. The van der Waals surface area contributed by atoms with Crippen LogP contribution >= 0.6 is 11.8 Å². The summed E-state index contributed by atoms with van der Waals surface area (Å²) in [5.41, 5.74) is 1.53. The van der Waals surface area contributed by atoms with Gasteiger partial charge in [0.05, 0.1) is 12.7 Å². The van der Waals surface area contributed by atoms with Crippen molar-refractivity contribution in [3.63, 3.8) is 0 Å². The van der Waals surface area contributed by atoms with Gasteiger partial charge in [-0.2, -0.15) is 11.8 Å². The number of nitrogens with one attached hydrogen (secondary N) is 1. The zero-order valence-corrected chi connectivity index (χ0v) is 14.1. The Bertz CT molecular complexity index is 704. The van der Waals surface area contributed by atoms with Crippen molar-refractivity contribution in [3.05, 3.63) is 71.0 Å². The van der Waals surface area contributed by atoms with Gasteiger partial charge in [-0.15, -0.1) is 0 Å². The molecule has 1 amide bonds. The fourth-order valence-corrected chi connectivity index (χ4v) is 2.86. The third-order valence-corrected chi connectivity index (χ3v) is 4.32. The predicted octanol–water partition coefficient (Wildman–Crippen LogP) is 3.28. The third-order valence-electron chi connectivity index (χ3n) is 3.32. The van der Waals surface area contributed by atoms with Crippen molar-refractivity contribution in [2.75, 3.05) is 19.4 Å². The number of esters is 1. The second kappa shape index (κ2) is 9.08. The number of benzene rings is 2. The van der Waals surface area contributed by atoms with E-state index in [0.717, 1.165) is 0 Å². The molecule has 0 bridgehead atoms. The SMILES string of the molecule is COC(=O)c1ccc(C(=O)NCCSCc2ccccc2F)cc1. The maximum absolute atomic E-state index is 13.4. The van der Waals surface area contributed by atoms with Gasteiger partial charge in [0.15, 0.2) is 0 Å². The number of hydrogen-bond donors (Lipinski definition) is 1. The third kappa shape index (κ3) is 5.09. The first kappa shape index (κ1) is 18.0. The van der Waals surface area contributed by atoms with Crippen molar-refractivity contribution in [2.45, 2.75) is 5.75 Å². The van der Waals surface area contributed by atoms with Crippen LogP contribution in [0.3, 0.4) is 0 Å². The molecule has 0 atom stereocenters. The van der Waals surface area contributed by atoms with E-state index in [-0.39, 0.29) is 11.7 Å². The fourth-order valence-electron chi connectivity index (χ4n) is 2.01. The minimum Gasteiger partial charge on any atom is -0.465 e. The van der Waals surface area contributed by atoms with Gasteiger partial charge in [0.2, 0.25) is 0 Å². The minimum absolute atomic E-state index is 0.209. The van der Waals surface area contributed by atoms with Crippen LogP contribution in [-0.4, -0.2) is 31.3 Å². The van der Waals surface area contributed by atoms with E-state index < -0.39 is 5.97 Å². The number of hydrogen-bond acceptors (Lipinski definition) is 4. The molecule has 0 aliphatic carbocycles. The molecule has 0 saturated carbocycles. The zero-order chi connectivity index (χ0) is 17.4. The second-order valence-corrected chi connectivity index (χ2v) is 6.07. The molecular formula is C18H18FNO3S. The molecule has 0 unspecified atom stereocenters. The Kier molecular flexibility index (Phi) is 6.81. The number of halogens is 1. The lowest BCUT2D eigenvalue weighted by atomic mass is 10.1. The minimum atomic E-state index is -0.438. The highest BCUT2D eigenvalue weighted by atomic mass is 32.2. The number of rotatable bonds is 7. The van der Waals surface area contributed by atoms with Crippen LogP contribution in [0.5, 0.6) is 0 Å². The molecule has 6 heteroatoms. The van der Waals surface area contributed by atoms with E-state index in [9.17, 15) is 14.0 Å². The molecule has 0 aromatic heterocycles. The molecule has 1 N–H and O–H groups in total. The Balaban J connectivity index is 1.73. The Labute approximate surface area is 144 Å². The summed E-state index contributed by atoms with van der Waals surface area (Å²) >= 11 is 1.55. The Hall–Kier alpha value is -2.34. The van der Waals surface area contributed by atoms with Gasteiger partial charge in [-0.25, -0.2) is 9.18 Å². The van der Waals surface area contributed by atoms with Gasteiger partial charge in [0.1, 0.15) is 5.82 Å². The first-order valence-corrected chi connectivity index (χ1v) is 8.55. The lowest BCUT2D eigenvalue weighted by Crippen LogP contribution is -2.25. The first-order chi connectivity index (χ1) is 11.6. The molecule has 0 heterocycles. The normalized spacial score (nSPS) is 10.2. The van der Waals surface area contributed by atoms with Gasteiger partial charge in [-0.3, -0.25) is 4.79 Å². The average Bonchev–Trinajstić information content (AvgIpc) is 2.62. The van der Waals surface area contributed by atoms with Gasteiger partial charge < -0.3 is 10.1 Å². The molecule has 2 aromatic rings. The largest absolute Gasteiger partial charge is 0.465 e. The number of thioether (sulfide) groups is 1. The van der Waals surface area contributed by atoms with Crippen LogP contribution in [0.15, 0.2) is 48.5 Å². The predicted molar refractivity (Wildman–Crippen MR) is 92.7 cm³/mol. The Morgan fingerprint density at radius 3 is 2.42 bits per heavy atom. The van der Waals surface area contributed by atoms with Crippen LogP contribution < -0.4 is 5.32 Å². The topological polar surface area (TPSA) is 55.4 Å². The zero-order valence-electron chi connectivity index (χ0n) is 13.3. The van der Waals surface area contributed by atoms with Crippen molar-refractivity contribution in [3.8, 4) is 0 Å². The van der Waals surface area contributed by atoms with E-state index in [4.69, 9.17) is 0 Å². The molecule has 0 radical (unpaired) electrons. The highest BCUT2D eigenvalue weighted by Crippen LogP contribution is 2.14. The summed E-state index contributed by atoms with van der Waals surface area (Å²) < 4.78 is 18.1. The lowest BCUT2D eigenvalue weighted by Gasteiger charge is -2.06. The number of ether oxygens (including phenoxy) is 1. The molecule has 0 saturated heterocycles. The highest BCUT2D eigenvalue weighted by molar-refractivity contribution is 7.98. The summed E-state index contributed by atoms with van der Waals surface area (Å²) in [4.78, 5) is 23.3. The van der Waals surface area contributed by atoms with E-state index in [1.54, 1.807) is 54.2 Å². The summed E-state index contributed by atoms with van der Waals surface area (Å²) in [7, 11) is 1.31. The number of amides is 1. The highest BCUT2D eigenvalue weighted by Gasteiger charge is 2.08. The molecule has 126 valence electrons. The summed E-state index contributed by atoms with van der Waals surface area (Å²) in [5, 5.41) is 2.79. The van der Waals surface area contributed by atoms with Gasteiger partial charge in [0.25, 0.3) is 5.91 Å². The van der Waals surface area contributed by atoms with Crippen LogP contribution in [-0.2, 0) is 10.5 Å².